The summed E-state index contributed by atoms with van der Waals surface area (Å²) in [5.41, 5.74) is -1.89. The molecule has 1 aliphatic rings. The van der Waals surface area contributed by atoms with Crippen LogP contribution in [0.1, 0.15) is 25.5 Å². The van der Waals surface area contributed by atoms with Crippen LogP contribution in [-0.2, 0) is 13.5 Å². The highest BCUT2D eigenvalue weighted by atomic mass is 19.4. The smallest absolute Gasteiger partial charge is 0.380 e. The van der Waals surface area contributed by atoms with Crippen LogP contribution in [0.5, 0.6) is 0 Å². The Morgan fingerprint density at radius 3 is 2.50 bits per heavy atom. The molecule has 0 aromatic carbocycles. The monoisotopic (exact) mass is 320 g/mol. The van der Waals surface area contributed by atoms with E-state index in [9.17, 15) is 23.1 Å². The first-order valence-electron chi connectivity index (χ1n) is 7.04. The molecular weight excluding hydrogens is 301 g/mol. The molecule has 1 aromatic rings. The molecule has 2 amide bonds. The highest BCUT2D eigenvalue weighted by Gasteiger charge is 2.54. The van der Waals surface area contributed by atoms with Gasteiger partial charge in [0.1, 0.15) is 5.82 Å². The fourth-order valence-corrected chi connectivity index (χ4v) is 2.37. The minimum Gasteiger partial charge on any atom is -0.380 e. The Kier molecular flexibility index (Phi) is 4.37. The molecular formula is C13H19F3N4O2. The Bertz CT molecular complexity index is 548. The number of aryl methyl sites for hydroxylation is 2. The van der Waals surface area contributed by atoms with Gasteiger partial charge in [-0.25, -0.2) is 4.79 Å². The van der Waals surface area contributed by atoms with Crippen LogP contribution in [0.3, 0.4) is 0 Å². The lowest BCUT2D eigenvalue weighted by molar-refractivity contribution is -0.271. The Labute approximate surface area is 125 Å². The zero-order valence-corrected chi connectivity index (χ0v) is 12.4. The molecule has 0 radical (unpaired) electrons. The number of nitrogens with zero attached hydrogens (tertiary/aromatic N) is 3. The van der Waals surface area contributed by atoms with Gasteiger partial charge in [0.15, 0.2) is 5.60 Å². The van der Waals surface area contributed by atoms with Gasteiger partial charge in [-0.15, -0.1) is 0 Å². The van der Waals surface area contributed by atoms with E-state index in [2.05, 4.69) is 10.4 Å². The molecule has 6 nitrogen and oxygen atoms in total. The molecule has 22 heavy (non-hydrogen) atoms. The number of halogens is 3. The van der Waals surface area contributed by atoms with Crippen LogP contribution >= 0.6 is 0 Å². The number of hydrogen-bond donors (Lipinski definition) is 2. The number of anilines is 1. The van der Waals surface area contributed by atoms with Crippen molar-refractivity contribution in [2.45, 2.75) is 38.0 Å². The molecule has 0 atom stereocenters. The summed E-state index contributed by atoms with van der Waals surface area (Å²) in [5, 5.41) is 16.4. The average molecular weight is 320 g/mol. The van der Waals surface area contributed by atoms with E-state index in [1.807, 2.05) is 6.92 Å². The van der Waals surface area contributed by atoms with Gasteiger partial charge in [0.2, 0.25) is 0 Å². The predicted octanol–water partition coefficient (Wildman–Crippen LogP) is 1.90. The minimum atomic E-state index is -4.67. The van der Waals surface area contributed by atoms with Crippen LogP contribution < -0.4 is 5.32 Å². The number of hydrogen-bond acceptors (Lipinski definition) is 3. The third-order valence-corrected chi connectivity index (χ3v) is 3.93. The summed E-state index contributed by atoms with van der Waals surface area (Å²) in [6.07, 6.45) is -5.00. The van der Waals surface area contributed by atoms with Crippen LogP contribution in [-0.4, -0.2) is 50.7 Å². The van der Waals surface area contributed by atoms with Crippen molar-refractivity contribution in [1.29, 1.82) is 0 Å². The number of piperidine rings is 1. The molecule has 1 aromatic heterocycles. The van der Waals surface area contributed by atoms with Crippen molar-refractivity contribution < 1.29 is 23.1 Å². The first kappa shape index (κ1) is 16.6. The van der Waals surface area contributed by atoms with E-state index in [0.29, 0.717) is 12.2 Å². The summed E-state index contributed by atoms with van der Waals surface area (Å²) in [4.78, 5) is 13.4. The Morgan fingerprint density at radius 2 is 2.05 bits per heavy atom. The average Bonchev–Trinajstić information content (AvgIpc) is 2.79. The van der Waals surface area contributed by atoms with Gasteiger partial charge in [0.05, 0.1) is 5.69 Å². The number of rotatable bonds is 2. The summed E-state index contributed by atoms with van der Waals surface area (Å²) < 4.78 is 39.7. The first-order chi connectivity index (χ1) is 10.2. The molecule has 1 fully saturated rings. The van der Waals surface area contributed by atoms with Gasteiger partial charge >= 0.3 is 12.2 Å². The Balaban J connectivity index is 1.97. The second kappa shape index (κ2) is 5.79. The number of likely N-dealkylation sites (tertiary alicyclic amines) is 1. The molecule has 2 heterocycles. The van der Waals surface area contributed by atoms with Crippen LogP contribution in [0.2, 0.25) is 0 Å². The summed E-state index contributed by atoms with van der Waals surface area (Å²) in [6.45, 7) is 1.62. The van der Waals surface area contributed by atoms with Gasteiger partial charge in [-0.2, -0.15) is 18.3 Å². The Hall–Kier alpha value is -1.77. The van der Waals surface area contributed by atoms with E-state index < -0.39 is 30.7 Å². The molecule has 2 N–H and O–H groups in total. The minimum absolute atomic E-state index is 0.152. The largest absolute Gasteiger partial charge is 0.417 e. The molecule has 2 rings (SSSR count). The van der Waals surface area contributed by atoms with E-state index in [1.165, 1.54) is 9.58 Å². The maximum atomic E-state index is 12.7. The van der Waals surface area contributed by atoms with Crippen molar-refractivity contribution in [3.8, 4) is 0 Å². The molecule has 0 saturated carbocycles. The normalized spacial score (nSPS) is 18.4. The van der Waals surface area contributed by atoms with Crippen molar-refractivity contribution in [2.75, 3.05) is 18.4 Å². The lowest BCUT2D eigenvalue weighted by atomic mass is 9.91. The summed E-state index contributed by atoms with van der Waals surface area (Å²) in [7, 11) is 1.67. The van der Waals surface area contributed by atoms with E-state index in [0.717, 1.165) is 5.69 Å². The molecule has 0 unspecified atom stereocenters. The van der Waals surface area contributed by atoms with Crippen LogP contribution in [0.15, 0.2) is 6.07 Å². The second-order valence-corrected chi connectivity index (χ2v) is 5.44. The predicted molar refractivity (Wildman–Crippen MR) is 73.4 cm³/mol. The molecule has 9 heteroatoms. The van der Waals surface area contributed by atoms with E-state index in [1.54, 1.807) is 13.1 Å². The molecule has 1 saturated heterocycles. The number of aromatic nitrogens is 2. The second-order valence-electron chi connectivity index (χ2n) is 5.44. The van der Waals surface area contributed by atoms with Crippen molar-refractivity contribution in [3.05, 3.63) is 11.8 Å². The van der Waals surface area contributed by atoms with Gasteiger partial charge in [-0.3, -0.25) is 10.00 Å². The molecule has 0 aliphatic carbocycles. The molecule has 1 aliphatic heterocycles. The quantitative estimate of drug-likeness (QED) is 0.874. The summed E-state index contributed by atoms with van der Waals surface area (Å²) in [5.74, 6) is 0.485. The first-order valence-corrected chi connectivity index (χ1v) is 7.04. The Morgan fingerprint density at radius 1 is 1.45 bits per heavy atom. The lowest BCUT2D eigenvalue weighted by Gasteiger charge is -2.38. The third kappa shape index (κ3) is 3.18. The number of carbonyl (C=O) groups is 1. The van der Waals surface area contributed by atoms with E-state index >= 15 is 0 Å². The number of amides is 2. The number of urea groups is 1. The fraction of sp³-hybridized carbons (Fsp3) is 0.692. The maximum Gasteiger partial charge on any atom is 0.417 e. The van der Waals surface area contributed by atoms with Crippen molar-refractivity contribution >= 4 is 11.8 Å². The van der Waals surface area contributed by atoms with Crippen molar-refractivity contribution in [1.82, 2.24) is 14.7 Å². The van der Waals surface area contributed by atoms with Crippen molar-refractivity contribution in [2.24, 2.45) is 7.05 Å². The van der Waals surface area contributed by atoms with Gasteiger partial charge in [0, 0.05) is 39.0 Å². The molecule has 0 spiro atoms. The summed E-state index contributed by atoms with van der Waals surface area (Å²) in [6, 6.07) is 1.23. The van der Waals surface area contributed by atoms with Crippen LogP contribution in [0.25, 0.3) is 0 Å². The SMILES string of the molecule is CCc1cc(NC(=O)N2CCC(O)(C(F)(F)F)CC2)n(C)n1. The maximum absolute atomic E-state index is 12.7. The molecule has 0 bridgehead atoms. The van der Waals surface area contributed by atoms with Crippen LogP contribution in [0.4, 0.5) is 23.8 Å². The third-order valence-electron chi connectivity index (χ3n) is 3.93. The number of carbonyl (C=O) groups excluding carboxylic acids is 1. The van der Waals surface area contributed by atoms with Gasteiger partial charge in [-0.1, -0.05) is 6.92 Å². The number of aliphatic hydroxyl groups is 1. The van der Waals surface area contributed by atoms with E-state index in [-0.39, 0.29) is 13.1 Å². The van der Waals surface area contributed by atoms with E-state index in [4.69, 9.17) is 0 Å². The highest BCUT2D eigenvalue weighted by molar-refractivity contribution is 5.88. The van der Waals surface area contributed by atoms with Crippen molar-refractivity contribution in [3.63, 3.8) is 0 Å². The van der Waals surface area contributed by atoms with Gasteiger partial charge in [-0.05, 0) is 6.42 Å². The zero-order valence-electron chi connectivity index (χ0n) is 12.4. The number of alkyl halides is 3. The highest BCUT2D eigenvalue weighted by Crippen LogP contribution is 2.38. The van der Waals surface area contributed by atoms with Gasteiger partial charge in [0.25, 0.3) is 0 Å². The lowest BCUT2D eigenvalue weighted by Crippen LogP contribution is -2.55. The zero-order chi connectivity index (χ0) is 16.5. The van der Waals surface area contributed by atoms with Gasteiger partial charge < -0.3 is 10.0 Å². The summed E-state index contributed by atoms with van der Waals surface area (Å²) >= 11 is 0. The fourth-order valence-electron chi connectivity index (χ4n) is 2.37. The number of nitrogens with one attached hydrogen (secondary N) is 1. The topological polar surface area (TPSA) is 70.4 Å². The standard InChI is InChI=1S/C13H19F3N4O2/c1-3-9-8-10(19(2)18-9)17-11(21)20-6-4-12(22,5-7-20)13(14,15)16/h8,22H,3-7H2,1-2H3,(H,17,21). The molecule has 124 valence electrons. The van der Waals surface area contributed by atoms with Crippen LogP contribution in [0, 0.1) is 0 Å².